The van der Waals surface area contributed by atoms with Crippen LogP contribution in [0, 0.1) is 5.92 Å². The monoisotopic (exact) mass is 510 g/mol. The van der Waals surface area contributed by atoms with E-state index in [0.717, 1.165) is 25.7 Å². The van der Waals surface area contributed by atoms with Crippen molar-refractivity contribution in [2.75, 3.05) is 33.9 Å². The highest BCUT2D eigenvalue weighted by atomic mass is 16.5. The highest BCUT2D eigenvalue weighted by Gasteiger charge is 2.32. The van der Waals surface area contributed by atoms with Gasteiger partial charge in [0.05, 0.1) is 24.2 Å². The normalized spacial score (nSPS) is 24.4. The van der Waals surface area contributed by atoms with Crippen LogP contribution in [0.3, 0.4) is 0 Å². The molecule has 0 radical (unpaired) electrons. The first kappa shape index (κ1) is 27.3. The molecule has 0 heterocycles. The maximum Gasteiger partial charge on any atom is 0.310 e. The van der Waals surface area contributed by atoms with Crippen LogP contribution in [-0.2, 0) is 31.9 Å². The van der Waals surface area contributed by atoms with Crippen molar-refractivity contribution in [1.82, 2.24) is 10.2 Å². The molecule has 200 valence electrons. The fourth-order valence-electron chi connectivity index (χ4n) is 5.50. The van der Waals surface area contributed by atoms with E-state index in [1.54, 1.807) is 26.4 Å². The van der Waals surface area contributed by atoms with E-state index in [4.69, 9.17) is 14.6 Å². The molecule has 1 aromatic carbocycles. The van der Waals surface area contributed by atoms with Crippen LogP contribution < -0.4 is 5.32 Å². The zero-order valence-electron chi connectivity index (χ0n) is 21.6. The molecule has 0 bridgehead atoms. The number of ether oxygens (including phenoxy) is 2. The quantitative estimate of drug-likeness (QED) is 0.392. The van der Waals surface area contributed by atoms with Gasteiger partial charge in [0.25, 0.3) is 5.91 Å². The number of benzene rings is 1. The number of aliphatic hydroxyl groups is 1. The van der Waals surface area contributed by atoms with Crippen molar-refractivity contribution >= 4 is 11.9 Å². The van der Waals surface area contributed by atoms with Gasteiger partial charge in [-0.2, -0.15) is 0 Å². The molecule has 37 heavy (non-hydrogen) atoms. The van der Waals surface area contributed by atoms with Crippen molar-refractivity contribution in [3.63, 3.8) is 0 Å². The van der Waals surface area contributed by atoms with E-state index in [9.17, 15) is 14.7 Å². The van der Waals surface area contributed by atoms with E-state index in [0.29, 0.717) is 18.7 Å². The Kier molecular flexibility index (Phi) is 9.32. The van der Waals surface area contributed by atoms with Crippen LogP contribution in [0.15, 0.2) is 59.7 Å². The largest absolute Gasteiger partial charge is 0.481 e. The molecule has 0 fully saturated rings. The summed E-state index contributed by atoms with van der Waals surface area (Å²) >= 11 is 0. The van der Waals surface area contributed by atoms with Gasteiger partial charge in [0, 0.05) is 51.9 Å². The van der Waals surface area contributed by atoms with Gasteiger partial charge in [0.15, 0.2) is 0 Å². The molecule has 0 saturated heterocycles. The molecule has 8 nitrogen and oxygen atoms in total. The molecule has 0 aromatic heterocycles. The lowest BCUT2D eigenvalue weighted by molar-refractivity contribution is -0.140. The summed E-state index contributed by atoms with van der Waals surface area (Å²) in [6.07, 6.45) is 10.1. The second-order valence-corrected chi connectivity index (χ2v) is 10.2. The van der Waals surface area contributed by atoms with Crippen LogP contribution >= 0.6 is 0 Å². The number of fused-ring (bicyclic) bond motifs is 1. The number of carbonyl (C=O) groups excluding carboxylic acids is 1. The van der Waals surface area contributed by atoms with Crippen LogP contribution in [0.4, 0.5) is 0 Å². The number of hydrogen-bond acceptors (Lipinski definition) is 6. The molecular formula is C29H38N2O6. The number of allylic oxidation sites excluding steroid dienone is 1. The molecule has 1 amide bonds. The first-order chi connectivity index (χ1) is 17.9. The molecule has 3 aliphatic rings. The number of aliphatic hydroxyl groups excluding tert-OH is 1. The van der Waals surface area contributed by atoms with Gasteiger partial charge in [-0.3, -0.25) is 14.5 Å². The first-order valence-electron chi connectivity index (χ1n) is 13.0. The van der Waals surface area contributed by atoms with Gasteiger partial charge in [-0.1, -0.05) is 48.6 Å². The number of rotatable bonds is 11. The zero-order chi connectivity index (χ0) is 26.4. The predicted molar refractivity (Wildman–Crippen MR) is 140 cm³/mol. The lowest BCUT2D eigenvalue weighted by atomic mass is 9.93. The highest BCUT2D eigenvalue weighted by Crippen LogP contribution is 2.29. The molecule has 4 atom stereocenters. The van der Waals surface area contributed by atoms with Gasteiger partial charge in [-0.05, 0) is 42.4 Å². The van der Waals surface area contributed by atoms with Gasteiger partial charge >= 0.3 is 5.97 Å². The van der Waals surface area contributed by atoms with E-state index >= 15 is 0 Å². The van der Waals surface area contributed by atoms with Crippen LogP contribution in [0.25, 0.3) is 0 Å². The summed E-state index contributed by atoms with van der Waals surface area (Å²) in [4.78, 5) is 26.0. The standard InChI is InChI=1S/C29H38N2O6/c1-36-26-12-11-23(27(15-26)37-2)17-31(24-13-21-5-3-4-6-22(21)14-24)18-25(32)16-30-28(33)19-7-9-20(10-8-19)29(34)35/h3-9,11,20,24-27,32H,10,12-18H2,1-2H3,(H,30,33)(H,34,35)/t20?,25-,26?,27?/m1/s1. The average molecular weight is 511 g/mol. The fourth-order valence-corrected chi connectivity index (χ4v) is 5.50. The maximum atomic E-state index is 12.6. The number of carboxylic acids is 1. The minimum Gasteiger partial charge on any atom is -0.481 e. The predicted octanol–water partition coefficient (Wildman–Crippen LogP) is 2.27. The SMILES string of the molecule is COC1CC=C(CN(C[C@H](O)CNC(=O)C2=CCC(C(=O)O)C=C2)C2Cc3ccccc3C2)C(OC)C1. The Labute approximate surface area is 218 Å². The molecule has 0 spiro atoms. The van der Waals surface area contributed by atoms with Gasteiger partial charge in [0.2, 0.25) is 0 Å². The van der Waals surface area contributed by atoms with Crippen molar-refractivity contribution in [3.05, 3.63) is 70.8 Å². The highest BCUT2D eigenvalue weighted by molar-refractivity contribution is 5.96. The molecule has 0 saturated carbocycles. The van der Waals surface area contributed by atoms with Gasteiger partial charge in [-0.25, -0.2) is 0 Å². The first-order valence-corrected chi connectivity index (χ1v) is 13.0. The van der Waals surface area contributed by atoms with Crippen molar-refractivity contribution < 1.29 is 29.3 Å². The fraction of sp³-hybridized carbons (Fsp3) is 0.517. The Morgan fingerprint density at radius 2 is 1.84 bits per heavy atom. The van der Waals surface area contributed by atoms with E-state index in [1.807, 2.05) is 0 Å². The minimum atomic E-state index is -0.905. The Morgan fingerprint density at radius 3 is 2.43 bits per heavy atom. The van der Waals surface area contributed by atoms with E-state index in [2.05, 4.69) is 40.6 Å². The van der Waals surface area contributed by atoms with Crippen molar-refractivity contribution in [3.8, 4) is 0 Å². The lowest BCUT2D eigenvalue weighted by Gasteiger charge is -2.35. The number of methoxy groups -OCH3 is 2. The Balaban J connectivity index is 1.39. The van der Waals surface area contributed by atoms with Gasteiger partial charge in [0.1, 0.15) is 0 Å². The molecule has 3 unspecified atom stereocenters. The number of amides is 1. The summed E-state index contributed by atoms with van der Waals surface area (Å²) in [7, 11) is 3.45. The molecule has 0 aliphatic heterocycles. The molecule has 3 N–H and O–H groups in total. The molecular weight excluding hydrogens is 472 g/mol. The minimum absolute atomic E-state index is 0.0264. The third kappa shape index (κ3) is 6.96. The van der Waals surface area contributed by atoms with Gasteiger partial charge in [-0.15, -0.1) is 0 Å². The van der Waals surface area contributed by atoms with E-state index in [-0.39, 0.29) is 37.1 Å². The van der Waals surface area contributed by atoms with Crippen LogP contribution in [0.5, 0.6) is 0 Å². The summed E-state index contributed by atoms with van der Waals surface area (Å²) < 4.78 is 11.3. The van der Waals surface area contributed by atoms with Crippen LogP contribution in [0.2, 0.25) is 0 Å². The number of carbonyl (C=O) groups is 2. The van der Waals surface area contributed by atoms with Crippen molar-refractivity contribution in [2.24, 2.45) is 5.92 Å². The Bertz CT molecular complexity index is 1040. The van der Waals surface area contributed by atoms with Crippen molar-refractivity contribution in [2.45, 2.75) is 56.5 Å². The van der Waals surface area contributed by atoms with Crippen LogP contribution in [-0.4, -0.2) is 85.2 Å². The molecule has 1 aromatic rings. The summed E-state index contributed by atoms with van der Waals surface area (Å²) in [6.45, 7) is 1.21. The topological polar surface area (TPSA) is 108 Å². The van der Waals surface area contributed by atoms with E-state index < -0.39 is 18.0 Å². The number of aliphatic carboxylic acids is 1. The molecule has 4 rings (SSSR count). The third-order valence-corrected chi connectivity index (χ3v) is 7.71. The zero-order valence-corrected chi connectivity index (χ0v) is 21.6. The van der Waals surface area contributed by atoms with Gasteiger partial charge < -0.3 is 25.0 Å². The molecule has 8 heteroatoms. The summed E-state index contributed by atoms with van der Waals surface area (Å²) in [6, 6.07) is 8.73. The second kappa shape index (κ2) is 12.6. The lowest BCUT2D eigenvalue weighted by Crippen LogP contribution is -2.47. The number of nitrogens with zero attached hydrogens (tertiary/aromatic N) is 1. The second-order valence-electron chi connectivity index (χ2n) is 10.2. The van der Waals surface area contributed by atoms with Crippen LogP contribution in [0.1, 0.15) is 30.4 Å². The maximum absolute atomic E-state index is 12.6. The number of carboxylic acid groups (broad SMARTS) is 1. The average Bonchev–Trinajstić information content (AvgIpc) is 3.36. The number of nitrogens with one attached hydrogen (secondary N) is 1. The number of hydrogen-bond donors (Lipinski definition) is 3. The summed E-state index contributed by atoms with van der Waals surface area (Å²) in [5, 5.41) is 22.9. The van der Waals surface area contributed by atoms with E-state index in [1.165, 1.54) is 22.8 Å². The Morgan fingerprint density at radius 1 is 1.11 bits per heavy atom. The third-order valence-electron chi connectivity index (χ3n) is 7.71. The summed E-state index contributed by atoms with van der Waals surface area (Å²) in [5.74, 6) is -1.81. The summed E-state index contributed by atoms with van der Waals surface area (Å²) in [5.41, 5.74) is 4.32. The Hall–Kier alpha value is -2.78. The smallest absolute Gasteiger partial charge is 0.310 e. The van der Waals surface area contributed by atoms with Crippen molar-refractivity contribution in [1.29, 1.82) is 0 Å². The molecule has 3 aliphatic carbocycles.